The van der Waals surface area contributed by atoms with Crippen LogP contribution in [0.15, 0.2) is 77.6 Å². The van der Waals surface area contributed by atoms with Crippen LogP contribution in [-0.2, 0) is 6.54 Å². The Morgan fingerprint density at radius 2 is 1.76 bits per heavy atom. The standard InChI is InChI=1S/C30H32ClFN4O2/c1-19(2)27(35(16-15-26(32)33)29(37)22-11-9-20(3)10-12-22)28-34-25-17-23(31)13-14-24(25)30(38)36(28)18-21-7-5-4-6-8-21/h4-14,17,19,26-27H,15-16,18,33H2,1-3H3. The highest BCUT2D eigenvalue weighted by Gasteiger charge is 2.33. The van der Waals surface area contributed by atoms with Crippen molar-refractivity contribution in [2.24, 2.45) is 11.7 Å². The number of fused-ring (bicyclic) bond motifs is 1. The molecule has 1 amide bonds. The number of hydrogen-bond donors (Lipinski definition) is 1. The maximum absolute atomic E-state index is 13.9. The summed E-state index contributed by atoms with van der Waals surface area (Å²) in [5.41, 5.74) is 8.08. The Balaban J connectivity index is 1.93. The largest absolute Gasteiger partial charge is 0.328 e. The first kappa shape index (κ1) is 27.5. The number of aryl methyl sites for hydroxylation is 1. The number of aromatic nitrogens is 2. The van der Waals surface area contributed by atoms with Gasteiger partial charge in [0.05, 0.1) is 23.5 Å². The summed E-state index contributed by atoms with van der Waals surface area (Å²) in [6, 6.07) is 21.2. The first-order valence-electron chi connectivity index (χ1n) is 12.7. The molecule has 0 saturated heterocycles. The minimum absolute atomic E-state index is 0.0524. The van der Waals surface area contributed by atoms with Crippen molar-refractivity contribution >= 4 is 28.4 Å². The molecule has 2 unspecified atom stereocenters. The molecule has 0 aliphatic heterocycles. The molecule has 2 atom stereocenters. The number of rotatable bonds is 9. The van der Waals surface area contributed by atoms with E-state index in [1.165, 1.54) is 0 Å². The lowest BCUT2D eigenvalue weighted by atomic mass is 9.98. The van der Waals surface area contributed by atoms with Crippen LogP contribution in [-0.4, -0.2) is 33.2 Å². The molecule has 38 heavy (non-hydrogen) atoms. The molecule has 3 aromatic carbocycles. The van der Waals surface area contributed by atoms with Crippen LogP contribution in [0.3, 0.4) is 0 Å². The van der Waals surface area contributed by atoms with Crippen molar-refractivity contribution < 1.29 is 9.18 Å². The molecule has 4 rings (SSSR count). The maximum Gasteiger partial charge on any atom is 0.261 e. The fraction of sp³-hybridized carbons (Fsp3) is 0.300. The van der Waals surface area contributed by atoms with Crippen molar-refractivity contribution in [1.82, 2.24) is 14.5 Å². The number of amides is 1. The quantitative estimate of drug-likeness (QED) is 0.271. The maximum atomic E-state index is 13.9. The fourth-order valence-electron chi connectivity index (χ4n) is 4.64. The second kappa shape index (κ2) is 11.9. The van der Waals surface area contributed by atoms with Gasteiger partial charge in [0.2, 0.25) is 0 Å². The van der Waals surface area contributed by atoms with Crippen molar-refractivity contribution in [3.05, 3.63) is 111 Å². The summed E-state index contributed by atoms with van der Waals surface area (Å²) >= 11 is 6.26. The lowest BCUT2D eigenvalue weighted by molar-refractivity contribution is 0.0582. The third-order valence-electron chi connectivity index (χ3n) is 6.57. The van der Waals surface area contributed by atoms with Gasteiger partial charge in [-0.25, -0.2) is 9.37 Å². The number of halogens is 2. The number of alkyl halides is 1. The predicted molar refractivity (Wildman–Crippen MR) is 150 cm³/mol. The third kappa shape index (κ3) is 6.11. The molecular formula is C30H32ClFN4O2. The van der Waals surface area contributed by atoms with E-state index in [4.69, 9.17) is 22.3 Å². The zero-order valence-electron chi connectivity index (χ0n) is 21.8. The van der Waals surface area contributed by atoms with Crippen LogP contribution < -0.4 is 11.3 Å². The van der Waals surface area contributed by atoms with E-state index in [9.17, 15) is 14.0 Å². The van der Waals surface area contributed by atoms with Crippen LogP contribution in [0.5, 0.6) is 0 Å². The van der Waals surface area contributed by atoms with Crippen molar-refractivity contribution in [3.8, 4) is 0 Å². The molecule has 2 N–H and O–H groups in total. The third-order valence-corrected chi connectivity index (χ3v) is 6.80. The molecule has 0 bridgehead atoms. The number of hydrogen-bond acceptors (Lipinski definition) is 4. The molecule has 1 heterocycles. The van der Waals surface area contributed by atoms with Gasteiger partial charge in [-0.15, -0.1) is 0 Å². The van der Waals surface area contributed by atoms with Crippen LogP contribution in [0.1, 0.15) is 53.6 Å². The first-order valence-corrected chi connectivity index (χ1v) is 13.0. The lowest BCUT2D eigenvalue weighted by Crippen LogP contribution is -2.43. The zero-order valence-corrected chi connectivity index (χ0v) is 22.5. The van der Waals surface area contributed by atoms with Crippen LogP contribution in [0.25, 0.3) is 10.9 Å². The van der Waals surface area contributed by atoms with Crippen LogP contribution in [0.2, 0.25) is 5.02 Å². The van der Waals surface area contributed by atoms with E-state index in [-0.39, 0.29) is 36.9 Å². The SMILES string of the molecule is Cc1ccc(C(=O)N(CCC(N)F)C(c2nc3cc(Cl)ccc3c(=O)n2Cc2ccccc2)C(C)C)cc1. The Labute approximate surface area is 226 Å². The average molecular weight is 535 g/mol. The Morgan fingerprint density at radius 3 is 2.39 bits per heavy atom. The van der Waals surface area contributed by atoms with Gasteiger partial charge in [-0.1, -0.05) is 73.5 Å². The Kier molecular flexibility index (Phi) is 8.59. The molecule has 6 nitrogen and oxygen atoms in total. The number of carbonyl (C=O) groups is 1. The minimum atomic E-state index is -1.59. The topological polar surface area (TPSA) is 81.2 Å². The smallest absolute Gasteiger partial charge is 0.261 e. The van der Waals surface area contributed by atoms with Crippen molar-refractivity contribution in [2.75, 3.05) is 6.54 Å². The summed E-state index contributed by atoms with van der Waals surface area (Å²) in [5, 5.41) is 0.882. The molecule has 198 valence electrons. The number of benzene rings is 3. The Hall–Kier alpha value is -3.55. The molecule has 4 aromatic rings. The van der Waals surface area contributed by atoms with E-state index in [0.29, 0.717) is 27.3 Å². The molecule has 0 aliphatic carbocycles. The summed E-state index contributed by atoms with van der Waals surface area (Å²) in [6.45, 7) is 6.17. The predicted octanol–water partition coefficient (Wildman–Crippen LogP) is 5.89. The van der Waals surface area contributed by atoms with E-state index in [1.54, 1.807) is 39.8 Å². The average Bonchev–Trinajstić information content (AvgIpc) is 2.88. The summed E-state index contributed by atoms with van der Waals surface area (Å²) < 4.78 is 15.5. The monoisotopic (exact) mass is 534 g/mol. The van der Waals surface area contributed by atoms with Gasteiger partial charge in [0, 0.05) is 23.6 Å². The lowest BCUT2D eigenvalue weighted by Gasteiger charge is -2.35. The molecule has 8 heteroatoms. The van der Waals surface area contributed by atoms with Gasteiger partial charge in [-0.05, 0) is 48.7 Å². The number of nitrogens with zero attached hydrogens (tertiary/aromatic N) is 3. The molecule has 0 aliphatic rings. The molecule has 0 radical (unpaired) electrons. The molecular weight excluding hydrogens is 503 g/mol. The summed E-state index contributed by atoms with van der Waals surface area (Å²) in [5.74, 6) is -0.0293. The van der Waals surface area contributed by atoms with Crippen molar-refractivity contribution in [1.29, 1.82) is 0 Å². The molecule has 0 fully saturated rings. The molecule has 1 aromatic heterocycles. The van der Waals surface area contributed by atoms with Gasteiger partial charge >= 0.3 is 0 Å². The van der Waals surface area contributed by atoms with Gasteiger partial charge in [0.15, 0.2) is 0 Å². The normalized spacial score (nSPS) is 13.0. The highest BCUT2D eigenvalue weighted by atomic mass is 35.5. The van der Waals surface area contributed by atoms with E-state index in [1.807, 2.05) is 63.2 Å². The van der Waals surface area contributed by atoms with E-state index in [2.05, 4.69) is 0 Å². The van der Waals surface area contributed by atoms with Crippen LogP contribution in [0, 0.1) is 12.8 Å². The molecule has 0 spiro atoms. The fourth-order valence-corrected chi connectivity index (χ4v) is 4.81. The van der Waals surface area contributed by atoms with E-state index < -0.39 is 12.3 Å². The van der Waals surface area contributed by atoms with Crippen molar-refractivity contribution in [3.63, 3.8) is 0 Å². The van der Waals surface area contributed by atoms with Crippen LogP contribution in [0.4, 0.5) is 4.39 Å². The van der Waals surface area contributed by atoms with E-state index >= 15 is 0 Å². The van der Waals surface area contributed by atoms with Gasteiger partial charge in [-0.2, -0.15) is 0 Å². The summed E-state index contributed by atoms with van der Waals surface area (Å²) in [4.78, 5) is 34.2. The van der Waals surface area contributed by atoms with Gasteiger partial charge in [0.25, 0.3) is 11.5 Å². The minimum Gasteiger partial charge on any atom is -0.328 e. The van der Waals surface area contributed by atoms with Crippen molar-refractivity contribution in [2.45, 2.75) is 46.1 Å². The Bertz CT molecular complexity index is 1470. The highest BCUT2D eigenvalue weighted by Crippen LogP contribution is 2.31. The second-order valence-corrected chi connectivity index (χ2v) is 10.3. The summed E-state index contributed by atoms with van der Waals surface area (Å²) in [7, 11) is 0. The summed E-state index contributed by atoms with van der Waals surface area (Å²) in [6.07, 6.45) is -1.64. The highest BCUT2D eigenvalue weighted by molar-refractivity contribution is 6.31. The van der Waals surface area contributed by atoms with Crippen LogP contribution >= 0.6 is 11.6 Å². The van der Waals surface area contributed by atoms with Gasteiger partial charge in [-0.3, -0.25) is 14.2 Å². The first-order chi connectivity index (χ1) is 18.2. The van der Waals surface area contributed by atoms with E-state index in [0.717, 1.165) is 11.1 Å². The second-order valence-electron chi connectivity index (χ2n) is 9.87. The molecule has 0 saturated carbocycles. The number of carbonyl (C=O) groups excluding carboxylic acids is 1. The number of nitrogens with two attached hydrogens (primary N) is 1. The van der Waals surface area contributed by atoms with Gasteiger partial charge in [0.1, 0.15) is 12.1 Å². The van der Waals surface area contributed by atoms with Gasteiger partial charge < -0.3 is 10.6 Å². The zero-order chi connectivity index (χ0) is 27.4. The Morgan fingerprint density at radius 1 is 1.08 bits per heavy atom.